The second kappa shape index (κ2) is 11.1. The monoisotopic (exact) mass is 480 g/mol. The number of aliphatic hydroxyl groups is 1. The van der Waals surface area contributed by atoms with Gasteiger partial charge in [-0.25, -0.2) is 8.42 Å². The fraction of sp³-hybridized carbons (Fsp3) is 0.632. The number of halogens is 2. The standard InChI is InChI=1S/C19H30Cl2N4O4S/c1-13(2)9-15(22)11-24-5-7-25(8-6-24)19(27)17(12-26)23-30(28,29)18-4-3-14(20)10-16(18)21/h3-4,10,13,15,17,23,26H,5-9,11-12,22H2,1-2H3/t15-,17-/m0/s1. The molecular formula is C19H30Cl2N4O4S. The first-order valence-corrected chi connectivity index (χ1v) is 12.1. The molecule has 0 aliphatic carbocycles. The van der Waals surface area contributed by atoms with Gasteiger partial charge in [-0.15, -0.1) is 0 Å². The van der Waals surface area contributed by atoms with E-state index >= 15 is 0 Å². The van der Waals surface area contributed by atoms with Crippen molar-refractivity contribution >= 4 is 39.1 Å². The third kappa shape index (κ3) is 7.05. The summed E-state index contributed by atoms with van der Waals surface area (Å²) in [5.41, 5.74) is 6.16. The molecule has 8 nitrogen and oxygen atoms in total. The second-order valence-electron chi connectivity index (χ2n) is 7.95. The van der Waals surface area contributed by atoms with Gasteiger partial charge in [-0.3, -0.25) is 9.69 Å². The highest BCUT2D eigenvalue weighted by Gasteiger charge is 2.31. The van der Waals surface area contributed by atoms with Crippen LogP contribution in [-0.4, -0.2) is 80.6 Å². The van der Waals surface area contributed by atoms with Crippen LogP contribution in [0.2, 0.25) is 10.0 Å². The first-order chi connectivity index (χ1) is 14.0. The lowest BCUT2D eigenvalue weighted by molar-refractivity contribution is -0.135. The predicted octanol–water partition coefficient (Wildman–Crippen LogP) is 1.15. The number of sulfonamides is 1. The first kappa shape index (κ1) is 25.3. The van der Waals surface area contributed by atoms with Crippen LogP contribution in [0.25, 0.3) is 0 Å². The van der Waals surface area contributed by atoms with E-state index in [4.69, 9.17) is 28.9 Å². The Hall–Kier alpha value is -0.940. The average molecular weight is 481 g/mol. The number of nitrogens with zero attached hydrogens (tertiary/aromatic N) is 2. The smallest absolute Gasteiger partial charge is 0.243 e. The Morgan fingerprint density at radius 3 is 2.40 bits per heavy atom. The van der Waals surface area contributed by atoms with E-state index in [0.29, 0.717) is 37.1 Å². The topological polar surface area (TPSA) is 116 Å². The van der Waals surface area contributed by atoms with Crippen LogP contribution in [-0.2, 0) is 14.8 Å². The molecule has 0 aromatic heterocycles. The number of rotatable bonds is 9. The highest BCUT2D eigenvalue weighted by molar-refractivity contribution is 7.89. The molecule has 4 N–H and O–H groups in total. The van der Waals surface area contributed by atoms with Crippen molar-refractivity contribution in [3.63, 3.8) is 0 Å². The summed E-state index contributed by atoms with van der Waals surface area (Å²) >= 11 is 11.8. The summed E-state index contributed by atoms with van der Waals surface area (Å²) in [6.07, 6.45) is 0.931. The fourth-order valence-corrected chi connectivity index (χ4v) is 5.45. The molecule has 1 saturated heterocycles. The third-order valence-corrected chi connectivity index (χ3v) is 7.10. The molecule has 0 saturated carbocycles. The van der Waals surface area contributed by atoms with Gasteiger partial charge in [0.25, 0.3) is 0 Å². The van der Waals surface area contributed by atoms with Gasteiger partial charge in [0.1, 0.15) is 10.9 Å². The number of amides is 1. The van der Waals surface area contributed by atoms with Crippen molar-refractivity contribution < 1.29 is 18.3 Å². The Morgan fingerprint density at radius 1 is 1.23 bits per heavy atom. The highest BCUT2D eigenvalue weighted by atomic mass is 35.5. The zero-order valence-corrected chi connectivity index (χ0v) is 19.6. The van der Waals surface area contributed by atoms with Gasteiger partial charge in [-0.1, -0.05) is 37.0 Å². The molecule has 11 heteroatoms. The number of hydrogen-bond acceptors (Lipinski definition) is 6. The van der Waals surface area contributed by atoms with Crippen LogP contribution in [0.3, 0.4) is 0 Å². The molecule has 1 aromatic carbocycles. The predicted molar refractivity (Wildman–Crippen MR) is 118 cm³/mol. The first-order valence-electron chi connectivity index (χ1n) is 9.88. The van der Waals surface area contributed by atoms with Gasteiger partial charge in [-0.05, 0) is 30.5 Å². The van der Waals surface area contributed by atoms with E-state index < -0.39 is 28.6 Å². The van der Waals surface area contributed by atoms with Gasteiger partial charge in [0.05, 0.1) is 11.6 Å². The molecule has 0 radical (unpaired) electrons. The quantitative estimate of drug-likeness (QED) is 0.488. The van der Waals surface area contributed by atoms with Crippen molar-refractivity contribution in [1.29, 1.82) is 0 Å². The Kier molecular flexibility index (Phi) is 9.35. The van der Waals surface area contributed by atoms with E-state index in [2.05, 4.69) is 23.5 Å². The van der Waals surface area contributed by atoms with Gasteiger partial charge < -0.3 is 15.7 Å². The van der Waals surface area contributed by atoms with Gasteiger partial charge in [0.2, 0.25) is 15.9 Å². The summed E-state index contributed by atoms with van der Waals surface area (Å²) in [5.74, 6) is 0.0487. The van der Waals surface area contributed by atoms with Crippen LogP contribution in [0, 0.1) is 5.92 Å². The Bertz CT molecular complexity index is 830. The maximum absolute atomic E-state index is 12.8. The molecule has 0 spiro atoms. The zero-order chi connectivity index (χ0) is 22.5. The molecule has 0 unspecified atom stereocenters. The lowest BCUT2D eigenvalue weighted by Gasteiger charge is -2.37. The normalized spacial score (nSPS) is 17.9. The molecule has 1 heterocycles. The second-order valence-corrected chi connectivity index (χ2v) is 10.5. The summed E-state index contributed by atoms with van der Waals surface area (Å²) in [7, 11) is -4.12. The Morgan fingerprint density at radius 2 is 1.87 bits per heavy atom. The molecule has 1 aliphatic rings. The van der Waals surface area contributed by atoms with Crippen LogP contribution in [0.15, 0.2) is 23.1 Å². The third-order valence-electron chi connectivity index (χ3n) is 4.91. The van der Waals surface area contributed by atoms with Crippen molar-refractivity contribution in [3.8, 4) is 0 Å². The molecule has 1 aliphatic heterocycles. The molecule has 1 aromatic rings. The highest BCUT2D eigenvalue weighted by Crippen LogP contribution is 2.25. The van der Waals surface area contributed by atoms with Crippen molar-refractivity contribution in [2.24, 2.45) is 11.7 Å². The molecule has 30 heavy (non-hydrogen) atoms. The Balaban J connectivity index is 1.97. The number of hydrogen-bond donors (Lipinski definition) is 3. The minimum Gasteiger partial charge on any atom is -0.394 e. The van der Waals surface area contributed by atoms with E-state index in [0.717, 1.165) is 13.0 Å². The molecule has 2 atom stereocenters. The number of carbonyl (C=O) groups excluding carboxylic acids is 1. The van der Waals surface area contributed by atoms with Crippen LogP contribution in [0.4, 0.5) is 0 Å². The number of nitrogens with one attached hydrogen (secondary N) is 1. The summed E-state index contributed by atoms with van der Waals surface area (Å²) in [6.45, 7) is 6.51. The summed E-state index contributed by atoms with van der Waals surface area (Å²) in [5, 5.41) is 9.88. The van der Waals surface area contributed by atoms with Crippen LogP contribution in [0.1, 0.15) is 20.3 Å². The fourth-order valence-electron chi connectivity index (χ4n) is 3.49. The number of aliphatic hydroxyl groups excluding tert-OH is 1. The van der Waals surface area contributed by atoms with E-state index in [-0.39, 0.29) is 16.0 Å². The summed E-state index contributed by atoms with van der Waals surface area (Å²) < 4.78 is 27.5. The molecule has 0 bridgehead atoms. The van der Waals surface area contributed by atoms with Gasteiger partial charge in [0, 0.05) is 43.8 Å². The summed E-state index contributed by atoms with van der Waals surface area (Å²) in [4.78, 5) is 16.3. The number of nitrogens with two attached hydrogens (primary N) is 1. The molecule has 1 amide bonds. The maximum atomic E-state index is 12.8. The largest absolute Gasteiger partial charge is 0.394 e. The van der Waals surface area contributed by atoms with Gasteiger partial charge in [0.15, 0.2) is 0 Å². The molecule has 2 rings (SSSR count). The molecular weight excluding hydrogens is 451 g/mol. The van der Waals surface area contributed by atoms with Crippen molar-refractivity contribution in [1.82, 2.24) is 14.5 Å². The van der Waals surface area contributed by atoms with E-state index in [1.165, 1.54) is 18.2 Å². The number of carbonyl (C=O) groups is 1. The number of benzene rings is 1. The zero-order valence-electron chi connectivity index (χ0n) is 17.2. The van der Waals surface area contributed by atoms with E-state index in [1.807, 2.05) is 0 Å². The lowest BCUT2D eigenvalue weighted by atomic mass is 10.0. The summed E-state index contributed by atoms with van der Waals surface area (Å²) in [6, 6.07) is 2.73. The van der Waals surface area contributed by atoms with Crippen LogP contribution < -0.4 is 10.5 Å². The average Bonchev–Trinajstić information content (AvgIpc) is 2.65. The van der Waals surface area contributed by atoms with Crippen LogP contribution >= 0.6 is 23.2 Å². The van der Waals surface area contributed by atoms with Gasteiger partial charge >= 0.3 is 0 Å². The van der Waals surface area contributed by atoms with Crippen molar-refractivity contribution in [2.45, 2.75) is 37.2 Å². The number of piperazine rings is 1. The maximum Gasteiger partial charge on any atom is 0.243 e. The molecule has 170 valence electrons. The van der Waals surface area contributed by atoms with E-state index in [9.17, 15) is 18.3 Å². The molecule has 1 fully saturated rings. The van der Waals surface area contributed by atoms with E-state index in [1.54, 1.807) is 4.90 Å². The van der Waals surface area contributed by atoms with Crippen molar-refractivity contribution in [3.05, 3.63) is 28.2 Å². The SMILES string of the molecule is CC(C)C[C@H](N)CN1CCN(C(=O)[C@H](CO)NS(=O)(=O)c2ccc(Cl)cc2Cl)CC1. The lowest BCUT2D eigenvalue weighted by Crippen LogP contribution is -2.57. The minimum absolute atomic E-state index is 0.0644. The van der Waals surface area contributed by atoms with Crippen molar-refractivity contribution in [2.75, 3.05) is 39.3 Å². The van der Waals surface area contributed by atoms with Gasteiger partial charge in [-0.2, -0.15) is 4.72 Å². The minimum atomic E-state index is -4.12. The van der Waals surface area contributed by atoms with Crippen LogP contribution in [0.5, 0.6) is 0 Å². The Labute approximate surface area is 188 Å².